The third kappa shape index (κ3) is 8.11. The number of carbonyl (C=O) groups is 1. The van der Waals surface area contributed by atoms with Crippen LogP contribution in [0.5, 0.6) is 0 Å². The summed E-state index contributed by atoms with van der Waals surface area (Å²) in [7, 11) is 3.13. The van der Waals surface area contributed by atoms with E-state index in [-0.39, 0.29) is 31.8 Å². The molecule has 4 aliphatic heterocycles. The molecular formula is C37H60O11. The van der Waals surface area contributed by atoms with Gasteiger partial charge in [-0.2, -0.15) is 0 Å². The Bertz CT molecular complexity index is 1210. The Morgan fingerprint density at radius 3 is 2.23 bits per heavy atom. The molecule has 6 bridgehead atoms. The van der Waals surface area contributed by atoms with E-state index in [9.17, 15) is 25.2 Å². The van der Waals surface area contributed by atoms with Crippen LogP contribution in [0.3, 0.4) is 0 Å². The number of esters is 1. The Kier molecular flexibility index (Phi) is 12.5. The van der Waals surface area contributed by atoms with E-state index in [1.807, 2.05) is 59.8 Å². The lowest BCUT2D eigenvalue weighted by Gasteiger charge is -2.54. The number of aliphatic hydroxyl groups excluding tert-OH is 2. The molecule has 0 aromatic carbocycles. The monoisotopic (exact) mass is 680 g/mol. The lowest BCUT2D eigenvalue weighted by molar-refractivity contribution is -0.350. The first kappa shape index (κ1) is 39.1. The molecule has 4 rings (SSSR count). The van der Waals surface area contributed by atoms with Crippen molar-refractivity contribution in [2.24, 2.45) is 10.8 Å². The van der Waals surface area contributed by atoms with Crippen LogP contribution >= 0.6 is 0 Å². The standard InChI is InChI=1S/C37H60O11/c1-10-23-14-26-12-13-34(4,5)37(42)33(44-9)24(11-2)16-27(48-37)19-30(22(3)38)46-32(40)18-25(39)17-28-20-31(43-8)35(6,7)36(41,47-28)21-29(15-23)45-26/h10-13,22,25-31,33,38-39,41-42H,14-21H2,1-9H3/b13-12+,23-10+,24-11+. The fourth-order valence-corrected chi connectivity index (χ4v) is 7.91. The second-order valence-electron chi connectivity index (χ2n) is 15.4. The van der Waals surface area contributed by atoms with Crippen molar-refractivity contribution in [3.8, 4) is 0 Å². The zero-order valence-corrected chi connectivity index (χ0v) is 30.3. The highest BCUT2D eigenvalue weighted by Gasteiger charge is 2.58. The van der Waals surface area contributed by atoms with Gasteiger partial charge in [0.05, 0.1) is 49.1 Å². The number of carbonyl (C=O) groups excluding carboxylic acids is 1. The van der Waals surface area contributed by atoms with Crippen LogP contribution in [0.1, 0.15) is 99.8 Å². The van der Waals surface area contributed by atoms with E-state index in [1.54, 1.807) is 7.11 Å². The summed E-state index contributed by atoms with van der Waals surface area (Å²) in [4.78, 5) is 13.1. The maximum atomic E-state index is 13.1. The summed E-state index contributed by atoms with van der Waals surface area (Å²) < 4.78 is 36.9. The minimum Gasteiger partial charge on any atom is -0.459 e. The van der Waals surface area contributed by atoms with Crippen LogP contribution in [0.4, 0.5) is 0 Å². The third-order valence-corrected chi connectivity index (χ3v) is 11.2. The molecule has 0 spiro atoms. The maximum absolute atomic E-state index is 13.1. The van der Waals surface area contributed by atoms with Crippen LogP contribution < -0.4 is 0 Å². The molecule has 3 fully saturated rings. The number of ether oxygens (including phenoxy) is 6. The van der Waals surface area contributed by atoms with E-state index in [4.69, 9.17) is 28.4 Å². The molecule has 274 valence electrons. The van der Waals surface area contributed by atoms with Crippen molar-refractivity contribution in [3.63, 3.8) is 0 Å². The molecule has 0 saturated carbocycles. The van der Waals surface area contributed by atoms with Crippen molar-refractivity contribution in [2.75, 3.05) is 14.2 Å². The summed E-state index contributed by atoms with van der Waals surface area (Å²) in [6, 6.07) is 0. The predicted octanol–water partition coefficient (Wildman–Crippen LogP) is 4.25. The fourth-order valence-electron chi connectivity index (χ4n) is 7.91. The number of hydrogen-bond acceptors (Lipinski definition) is 11. The topological polar surface area (TPSA) is 153 Å². The van der Waals surface area contributed by atoms with E-state index in [2.05, 4.69) is 6.08 Å². The third-order valence-electron chi connectivity index (χ3n) is 11.2. The highest BCUT2D eigenvalue weighted by Crippen LogP contribution is 2.50. The number of fused-ring (bicyclic) bond motifs is 6. The van der Waals surface area contributed by atoms with Gasteiger partial charge in [-0.05, 0) is 45.6 Å². The number of methoxy groups -OCH3 is 2. The smallest absolute Gasteiger partial charge is 0.308 e. The lowest BCUT2D eigenvalue weighted by atomic mass is 9.70. The summed E-state index contributed by atoms with van der Waals surface area (Å²) in [5, 5.41) is 46.3. The first-order chi connectivity index (χ1) is 22.4. The van der Waals surface area contributed by atoms with Crippen LogP contribution in [-0.2, 0) is 33.2 Å². The first-order valence-corrected chi connectivity index (χ1v) is 17.5. The predicted molar refractivity (Wildman–Crippen MR) is 179 cm³/mol. The summed E-state index contributed by atoms with van der Waals surface area (Å²) in [6.45, 7) is 12.9. The van der Waals surface area contributed by atoms with E-state index in [0.717, 1.165) is 5.57 Å². The molecule has 3 saturated heterocycles. The minimum absolute atomic E-state index is 0.0700. The quantitative estimate of drug-likeness (QED) is 0.250. The van der Waals surface area contributed by atoms with Gasteiger partial charge in [0.1, 0.15) is 12.2 Å². The fraction of sp³-hybridized carbons (Fsp3) is 0.811. The van der Waals surface area contributed by atoms with Crippen LogP contribution in [0.15, 0.2) is 35.5 Å². The maximum Gasteiger partial charge on any atom is 0.308 e. The highest BCUT2D eigenvalue weighted by atomic mass is 16.7. The first-order valence-electron chi connectivity index (χ1n) is 17.5. The van der Waals surface area contributed by atoms with Gasteiger partial charge in [0.25, 0.3) is 0 Å². The van der Waals surface area contributed by atoms with Crippen LogP contribution in [-0.4, -0.2) is 107 Å². The molecule has 11 unspecified atom stereocenters. The average Bonchev–Trinajstić information content (AvgIpc) is 3.00. The molecular weight excluding hydrogens is 620 g/mol. The molecule has 0 aliphatic carbocycles. The molecule has 4 N–H and O–H groups in total. The number of aliphatic hydroxyl groups is 4. The van der Waals surface area contributed by atoms with Gasteiger partial charge in [-0.3, -0.25) is 4.79 Å². The Morgan fingerprint density at radius 2 is 1.62 bits per heavy atom. The lowest BCUT2D eigenvalue weighted by Crippen LogP contribution is -2.62. The Balaban J connectivity index is 1.76. The van der Waals surface area contributed by atoms with Crippen molar-refractivity contribution >= 4 is 5.97 Å². The van der Waals surface area contributed by atoms with E-state index < -0.39 is 77.2 Å². The minimum atomic E-state index is -1.83. The van der Waals surface area contributed by atoms with E-state index >= 15 is 0 Å². The Labute approximate surface area is 286 Å². The van der Waals surface area contributed by atoms with Crippen LogP contribution in [0, 0.1) is 10.8 Å². The van der Waals surface area contributed by atoms with Gasteiger partial charge in [0, 0.05) is 50.7 Å². The van der Waals surface area contributed by atoms with Gasteiger partial charge in [0.15, 0.2) is 5.79 Å². The number of cyclic esters (lactones) is 1. The number of rotatable bonds is 3. The van der Waals surface area contributed by atoms with Crippen molar-refractivity contribution in [3.05, 3.63) is 35.5 Å². The van der Waals surface area contributed by atoms with Gasteiger partial charge < -0.3 is 48.8 Å². The largest absolute Gasteiger partial charge is 0.459 e. The number of allylic oxidation sites excluding steroid dienone is 2. The molecule has 11 nitrogen and oxygen atoms in total. The molecule has 0 aromatic heterocycles. The molecule has 0 aromatic rings. The molecule has 11 heteroatoms. The number of hydrogen-bond donors (Lipinski definition) is 4. The van der Waals surface area contributed by atoms with Crippen LogP contribution in [0.2, 0.25) is 0 Å². The molecule has 4 aliphatic rings. The SMILES string of the molecule is C/C=C1\CC2/C=C/C(C)(C)C3(O)OC(C/C(=C\C)C3OC)CC(C(C)O)OC(=O)CC(O)CC3CC(OC)C(C)(C)C(O)(CC(C1)O2)O3. The average molecular weight is 681 g/mol. The second-order valence-corrected chi connectivity index (χ2v) is 15.4. The van der Waals surface area contributed by atoms with Gasteiger partial charge >= 0.3 is 5.97 Å². The molecule has 48 heavy (non-hydrogen) atoms. The van der Waals surface area contributed by atoms with Gasteiger partial charge in [-0.15, -0.1) is 0 Å². The Hall–Kier alpha value is -1.67. The molecule has 11 atom stereocenters. The molecule has 4 heterocycles. The highest BCUT2D eigenvalue weighted by molar-refractivity contribution is 5.70. The van der Waals surface area contributed by atoms with Crippen molar-refractivity contribution < 1.29 is 53.6 Å². The summed E-state index contributed by atoms with van der Waals surface area (Å²) in [6.07, 6.45) is 3.61. The van der Waals surface area contributed by atoms with E-state index in [0.29, 0.717) is 25.7 Å². The zero-order chi connectivity index (χ0) is 35.7. The second kappa shape index (κ2) is 15.3. The van der Waals surface area contributed by atoms with Gasteiger partial charge in [-0.1, -0.05) is 57.6 Å². The zero-order valence-electron chi connectivity index (χ0n) is 30.3. The van der Waals surface area contributed by atoms with Crippen LogP contribution in [0.25, 0.3) is 0 Å². The summed E-state index contributed by atoms with van der Waals surface area (Å²) in [5.41, 5.74) is 0.175. The van der Waals surface area contributed by atoms with E-state index in [1.165, 1.54) is 19.6 Å². The summed E-state index contributed by atoms with van der Waals surface area (Å²) in [5.74, 6) is -4.18. The van der Waals surface area contributed by atoms with Crippen molar-refractivity contribution in [1.82, 2.24) is 0 Å². The molecule has 0 radical (unpaired) electrons. The molecule has 0 amide bonds. The van der Waals surface area contributed by atoms with Crippen molar-refractivity contribution in [1.29, 1.82) is 0 Å². The van der Waals surface area contributed by atoms with Gasteiger partial charge in [-0.25, -0.2) is 0 Å². The normalized spacial score (nSPS) is 44.1. The Morgan fingerprint density at radius 1 is 0.917 bits per heavy atom. The van der Waals surface area contributed by atoms with Crippen molar-refractivity contribution in [2.45, 2.75) is 166 Å². The van der Waals surface area contributed by atoms with Gasteiger partial charge in [0.2, 0.25) is 5.79 Å². The summed E-state index contributed by atoms with van der Waals surface area (Å²) >= 11 is 0.